The van der Waals surface area contributed by atoms with Crippen molar-refractivity contribution < 1.29 is 4.39 Å². The maximum Gasteiger partial charge on any atom is 0.142 e. The molecule has 0 radical (unpaired) electrons. The molecule has 10 heteroatoms. The molecule has 5 N–H and O–H groups in total. The van der Waals surface area contributed by atoms with Crippen LogP contribution in [0.25, 0.3) is 16.8 Å². The van der Waals surface area contributed by atoms with Gasteiger partial charge in [0.2, 0.25) is 0 Å². The summed E-state index contributed by atoms with van der Waals surface area (Å²) in [7, 11) is 4.12. The summed E-state index contributed by atoms with van der Waals surface area (Å²) < 4.78 is 16.1. The van der Waals surface area contributed by atoms with Gasteiger partial charge in [0.15, 0.2) is 0 Å². The zero-order valence-electron chi connectivity index (χ0n) is 21.1. The van der Waals surface area contributed by atoms with Crippen LogP contribution in [0.2, 0.25) is 0 Å². The minimum Gasteiger partial charge on any atom is -0.404 e. The highest BCUT2D eigenvalue weighted by Gasteiger charge is 2.28. The smallest absolute Gasteiger partial charge is 0.142 e. The van der Waals surface area contributed by atoms with E-state index in [0.717, 1.165) is 56.1 Å². The molecule has 36 heavy (non-hydrogen) atoms. The van der Waals surface area contributed by atoms with Crippen LogP contribution >= 0.6 is 0 Å². The third kappa shape index (κ3) is 5.23. The molecule has 0 saturated carbocycles. The second-order valence-corrected chi connectivity index (χ2v) is 9.43. The quantitative estimate of drug-likeness (QED) is 0.413. The maximum atomic E-state index is 13.8. The largest absolute Gasteiger partial charge is 0.404 e. The molecule has 0 amide bonds. The molecule has 4 rings (SSSR count). The van der Waals surface area contributed by atoms with E-state index in [1.54, 1.807) is 13.0 Å². The van der Waals surface area contributed by atoms with Gasteiger partial charge in [-0.15, -0.1) is 0 Å². The van der Waals surface area contributed by atoms with Gasteiger partial charge in [-0.3, -0.25) is 0 Å². The molecule has 9 nitrogen and oxygen atoms in total. The van der Waals surface area contributed by atoms with Crippen LogP contribution in [0.3, 0.4) is 0 Å². The van der Waals surface area contributed by atoms with Crippen LogP contribution in [-0.2, 0) is 6.54 Å². The Labute approximate surface area is 211 Å². The van der Waals surface area contributed by atoms with Crippen molar-refractivity contribution in [3.05, 3.63) is 59.7 Å². The van der Waals surface area contributed by atoms with Crippen LogP contribution in [0.5, 0.6) is 0 Å². The van der Waals surface area contributed by atoms with Crippen LogP contribution in [-0.4, -0.2) is 64.4 Å². The fourth-order valence-corrected chi connectivity index (χ4v) is 4.65. The van der Waals surface area contributed by atoms with Crippen molar-refractivity contribution in [1.82, 2.24) is 24.4 Å². The zero-order valence-corrected chi connectivity index (χ0v) is 21.1. The number of hydrogen-bond donors (Lipinski definition) is 3. The number of nitrogens with two attached hydrogens (primary N) is 2. The summed E-state index contributed by atoms with van der Waals surface area (Å²) in [5, 5.41) is 7.70. The van der Waals surface area contributed by atoms with E-state index in [4.69, 9.17) is 21.9 Å². The molecule has 2 aromatic heterocycles. The first-order valence-electron chi connectivity index (χ1n) is 12.1. The average molecular weight is 492 g/mol. The molecular weight excluding hydrogens is 457 g/mol. The summed E-state index contributed by atoms with van der Waals surface area (Å²) in [4.78, 5) is 18.0. The zero-order chi connectivity index (χ0) is 25.8. The summed E-state index contributed by atoms with van der Waals surface area (Å²) >= 11 is 0. The van der Waals surface area contributed by atoms with Gasteiger partial charge in [-0.25, -0.2) is 19.3 Å². The highest BCUT2D eigenvalue weighted by Crippen LogP contribution is 2.35. The average Bonchev–Trinajstić information content (AvgIpc) is 3.30. The number of nitrogens with one attached hydrogen (secondary N) is 1. The van der Waals surface area contributed by atoms with Gasteiger partial charge in [0.1, 0.15) is 29.6 Å². The summed E-state index contributed by atoms with van der Waals surface area (Å²) in [6.07, 6.45) is 7.84. The molecule has 0 spiro atoms. The van der Waals surface area contributed by atoms with Crippen molar-refractivity contribution in [1.29, 1.82) is 5.41 Å². The van der Waals surface area contributed by atoms with Crippen LogP contribution in [0.15, 0.2) is 36.9 Å². The molecule has 3 aromatic rings. The number of hydrogen-bond acceptors (Lipinski definition) is 8. The van der Waals surface area contributed by atoms with E-state index in [0.29, 0.717) is 28.3 Å². The Morgan fingerprint density at radius 2 is 2.00 bits per heavy atom. The number of imidazole rings is 1. The third-order valence-corrected chi connectivity index (χ3v) is 6.69. The molecule has 1 fully saturated rings. The molecular formula is C26H34FN9. The van der Waals surface area contributed by atoms with E-state index >= 15 is 0 Å². The Morgan fingerprint density at radius 3 is 2.64 bits per heavy atom. The fourth-order valence-electron chi connectivity index (χ4n) is 4.65. The van der Waals surface area contributed by atoms with Gasteiger partial charge in [0.05, 0.1) is 11.3 Å². The Morgan fingerprint density at radius 1 is 1.25 bits per heavy atom. The predicted molar refractivity (Wildman–Crippen MR) is 142 cm³/mol. The second-order valence-electron chi connectivity index (χ2n) is 9.43. The summed E-state index contributed by atoms with van der Waals surface area (Å²) in [5.74, 6) is 2.12. The Kier molecular flexibility index (Phi) is 7.64. The van der Waals surface area contributed by atoms with Gasteiger partial charge >= 0.3 is 0 Å². The first-order valence-corrected chi connectivity index (χ1v) is 12.1. The first kappa shape index (κ1) is 25.3. The summed E-state index contributed by atoms with van der Waals surface area (Å²) in [6.45, 7) is 5.01. The number of allylic oxidation sites excluding steroid dienone is 1. The highest BCUT2D eigenvalue weighted by molar-refractivity contribution is 6.12. The molecule has 0 unspecified atom stereocenters. The Bertz CT molecular complexity index is 1260. The number of rotatable bonds is 8. The lowest BCUT2D eigenvalue weighted by atomic mass is 9.95. The van der Waals surface area contributed by atoms with Crippen LogP contribution in [0.1, 0.15) is 35.7 Å². The number of aromatic nitrogens is 4. The molecule has 1 aliphatic rings. The van der Waals surface area contributed by atoms with Crippen molar-refractivity contribution in [3.8, 4) is 11.3 Å². The first-order chi connectivity index (χ1) is 17.3. The number of halogens is 1. The minimum absolute atomic E-state index is 0.209. The number of benzene rings is 1. The number of anilines is 2. The molecule has 1 aromatic carbocycles. The molecule has 3 heterocycles. The topological polar surface area (TPSA) is 126 Å². The van der Waals surface area contributed by atoms with E-state index in [1.165, 1.54) is 24.8 Å². The second kappa shape index (κ2) is 10.9. The molecule has 1 saturated heterocycles. The molecule has 1 aliphatic heterocycles. The lowest BCUT2D eigenvalue weighted by Gasteiger charge is -2.34. The highest BCUT2D eigenvalue weighted by atomic mass is 19.1. The van der Waals surface area contributed by atoms with E-state index in [1.807, 2.05) is 6.07 Å². The molecule has 0 bridgehead atoms. The molecule has 0 atom stereocenters. The number of nitrogen functional groups attached to an aromatic ring is 1. The van der Waals surface area contributed by atoms with E-state index in [2.05, 4.69) is 44.6 Å². The van der Waals surface area contributed by atoms with Crippen molar-refractivity contribution in [2.24, 2.45) is 5.73 Å². The number of aryl methyl sites for hydroxylation is 1. The SMILES string of the molecule is Cc1cc(-c2cn(CCN(C)C)c(C3CCN(c4ncnc(N)c4/C(C=N)=C/N)CC3)n2)ccc1F. The summed E-state index contributed by atoms with van der Waals surface area (Å²) in [6, 6.07) is 5.15. The number of piperidine rings is 1. The lowest BCUT2D eigenvalue weighted by molar-refractivity contribution is 0.372. The van der Waals surface area contributed by atoms with Gasteiger partial charge in [0.25, 0.3) is 0 Å². The van der Waals surface area contributed by atoms with Crippen molar-refractivity contribution >= 4 is 23.4 Å². The maximum absolute atomic E-state index is 13.8. The monoisotopic (exact) mass is 491 g/mol. The molecule has 0 aliphatic carbocycles. The standard InChI is InChI=1S/C26H34FN9/c1-17-12-19(4-5-21(17)27)22-15-36(11-10-34(2)3)25(33-22)18-6-8-35(9-7-18)26-23(20(13-28)14-29)24(30)31-16-32-26/h4-5,12-16,18,28H,6-11,29H2,1-3H3,(H2,30,31,32)/b20-14+,28-13?. The Hall–Kier alpha value is -3.79. The van der Waals surface area contributed by atoms with Gasteiger partial charge < -0.3 is 31.2 Å². The van der Waals surface area contributed by atoms with Gasteiger partial charge in [0, 0.05) is 61.8 Å². The normalized spacial score (nSPS) is 15.0. The third-order valence-electron chi connectivity index (χ3n) is 6.69. The van der Waals surface area contributed by atoms with Gasteiger partial charge in [-0.1, -0.05) is 0 Å². The van der Waals surface area contributed by atoms with Gasteiger partial charge in [-0.2, -0.15) is 0 Å². The lowest BCUT2D eigenvalue weighted by Crippen LogP contribution is -2.35. The van der Waals surface area contributed by atoms with Crippen LogP contribution in [0.4, 0.5) is 16.0 Å². The minimum atomic E-state index is -0.209. The molecule has 190 valence electrons. The van der Waals surface area contributed by atoms with Gasteiger partial charge in [-0.05, 0) is 57.6 Å². The number of likely N-dealkylation sites (N-methyl/N-ethyl adjacent to an activating group) is 1. The predicted octanol–water partition coefficient (Wildman–Crippen LogP) is 3.26. The van der Waals surface area contributed by atoms with E-state index in [9.17, 15) is 4.39 Å². The summed E-state index contributed by atoms with van der Waals surface area (Å²) in [5.41, 5.74) is 15.4. The number of nitrogens with zero attached hydrogens (tertiary/aromatic N) is 6. The van der Waals surface area contributed by atoms with Crippen LogP contribution < -0.4 is 16.4 Å². The van der Waals surface area contributed by atoms with Crippen LogP contribution in [0, 0.1) is 18.2 Å². The fraction of sp³-hybridized carbons (Fsp3) is 0.385. The van der Waals surface area contributed by atoms with E-state index < -0.39 is 0 Å². The van der Waals surface area contributed by atoms with Crippen molar-refractivity contribution in [2.45, 2.75) is 32.2 Å². The van der Waals surface area contributed by atoms with Crippen molar-refractivity contribution in [3.63, 3.8) is 0 Å². The van der Waals surface area contributed by atoms with E-state index in [-0.39, 0.29) is 11.7 Å². The Balaban J connectivity index is 1.59. The van der Waals surface area contributed by atoms with Crippen molar-refractivity contribution in [2.75, 3.05) is 44.4 Å².